The van der Waals surface area contributed by atoms with Crippen molar-refractivity contribution in [2.45, 2.75) is 19.5 Å². The highest BCUT2D eigenvalue weighted by atomic mass is 35.5. The van der Waals surface area contributed by atoms with Crippen LogP contribution >= 0.6 is 34.5 Å². The van der Waals surface area contributed by atoms with E-state index in [1.807, 2.05) is 12.3 Å². The standard InChI is InChI=1S/C12H11Cl2FN2S/c1-7(16-4-8-5-18-6-17-8)9-2-12(15)11(14)3-10(9)13/h2-3,5-7,16H,4H2,1H3. The summed E-state index contributed by atoms with van der Waals surface area (Å²) in [4.78, 5) is 4.16. The lowest BCUT2D eigenvalue weighted by Crippen LogP contribution is -2.18. The fourth-order valence-electron chi connectivity index (χ4n) is 1.56. The summed E-state index contributed by atoms with van der Waals surface area (Å²) < 4.78 is 13.4. The largest absolute Gasteiger partial charge is 0.304 e. The molecular formula is C12H11Cl2FN2S. The van der Waals surface area contributed by atoms with Gasteiger partial charge in [-0.1, -0.05) is 23.2 Å². The van der Waals surface area contributed by atoms with Gasteiger partial charge < -0.3 is 5.32 Å². The van der Waals surface area contributed by atoms with Crippen molar-refractivity contribution >= 4 is 34.5 Å². The Labute approximate surface area is 119 Å². The molecule has 0 fully saturated rings. The van der Waals surface area contributed by atoms with Crippen molar-refractivity contribution in [1.82, 2.24) is 10.3 Å². The van der Waals surface area contributed by atoms with Gasteiger partial charge in [-0.05, 0) is 24.6 Å². The van der Waals surface area contributed by atoms with E-state index < -0.39 is 5.82 Å². The number of benzene rings is 1. The molecule has 18 heavy (non-hydrogen) atoms. The summed E-state index contributed by atoms with van der Waals surface area (Å²) in [6.45, 7) is 2.53. The van der Waals surface area contributed by atoms with Crippen LogP contribution in [0.4, 0.5) is 4.39 Å². The molecule has 6 heteroatoms. The van der Waals surface area contributed by atoms with Crippen molar-refractivity contribution in [2.24, 2.45) is 0 Å². The topological polar surface area (TPSA) is 24.9 Å². The Morgan fingerprint density at radius 1 is 1.39 bits per heavy atom. The van der Waals surface area contributed by atoms with Gasteiger partial charge in [-0.2, -0.15) is 0 Å². The number of hydrogen-bond donors (Lipinski definition) is 1. The molecule has 0 aliphatic heterocycles. The average molecular weight is 305 g/mol. The Morgan fingerprint density at radius 3 is 2.83 bits per heavy atom. The van der Waals surface area contributed by atoms with E-state index in [0.29, 0.717) is 17.1 Å². The summed E-state index contributed by atoms with van der Waals surface area (Å²) in [5.74, 6) is -0.460. The second-order valence-corrected chi connectivity index (χ2v) is 5.40. The third-order valence-electron chi connectivity index (χ3n) is 2.58. The fourth-order valence-corrected chi connectivity index (χ4v) is 2.67. The van der Waals surface area contributed by atoms with Gasteiger partial charge in [0.05, 0.1) is 16.2 Å². The van der Waals surface area contributed by atoms with Crippen molar-refractivity contribution < 1.29 is 4.39 Å². The van der Waals surface area contributed by atoms with Crippen LogP contribution in [0.1, 0.15) is 24.2 Å². The van der Waals surface area contributed by atoms with Crippen LogP contribution in [-0.4, -0.2) is 4.98 Å². The van der Waals surface area contributed by atoms with Gasteiger partial charge in [-0.15, -0.1) is 11.3 Å². The average Bonchev–Trinajstić information content (AvgIpc) is 2.84. The molecule has 0 radical (unpaired) electrons. The second kappa shape index (κ2) is 5.97. The normalized spacial score (nSPS) is 12.7. The molecular weight excluding hydrogens is 294 g/mol. The molecule has 1 aromatic carbocycles. The zero-order chi connectivity index (χ0) is 13.1. The molecule has 0 saturated heterocycles. The van der Waals surface area contributed by atoms with Gasteiger partial charge in [0, 0.05) is 23.0 Å². The van der Waals surface area contributed by atoms with Gasteiger partial charge in [0.15, 0.2) is 0 Å². The summed E-state index contributed by atoms with van der Waals surface area (Å²) in [6, 6.07) is 2.71. The maximum Gasteiger partial charge on any atom is 0.142 e. The molecule has 0 aliphatic rings. The number of thiazole rings is 1. The van der Waals surface area contributed by atoms with Gasteiger partial charge >= 0.3 is 0 Å². The molecule has 0 amide bonds. The first kappa shape index (κ1) is 13.7. The lowest BCUT2D eigenvalue weighted by molar-refractivity contribution is 0.561. The monoisotopic (exact) mass is 304 g/mol. The van der Waals surface area contributed by atoms with Gasteiger partial charge in [0.2, 0.25) is 0 Å². The van der Waals surface area contributed by atoms with Gasteiger partial charge in [0.25, 0.3) is 0 Å². The smallest absolute Gasteiger partial charge is 0.142 e. The minimum atomic E-state index is -0.460. The van der Waals surface area contributed by atoms with Crippen LogP contribution in [0.25, 0.3) is 0 Å². The predicted octanol–water partition coefficient (Wildman–Crippen LogP) is 4.44. The van der Waals surface area contributed by atoms with Crippen molar-refractivity contribution in [3.63, 3.8) is 0 Å². The predicted molar refractivity (Wildman–Crippen MR) is 73.8 cm³/mol. The van der Waals surface area contributed by atoms with Crippen molar-refractivity contribution in [3.05, 3.63) is 50.1 Å². The molecule has 0 saturated carbocycles. The second-order valence-electron chi connectivity index (χ2n) is 3.87. The van der Waals surface area contributed by atoms with Gasteiger partial charge in [-0.3, -0.25) is 0 Å². The van der Waals surface area contributed by atoms with Crippen molar-refractivity contribution in [3.8, 4) is 0 Å². The van der Waals surface area contributed by atoms with E-state index in [2.05, 4.69) is 10.3 Å². The Bertz CT molecular complexity index is 531. The molecule has 1 atom stereocenters. The zero-order valence-electron chi connectivity index (χ0n) is 9.58. The van der Waals surface area contributed by atoms with E-state index in [4.69, 9.17) is 23.2 Å². The van der Waals surface area contributed by atoms with Crippen LogP contribution in [-0.2, 0) is 6.54 Å². The minimum absolute atomic E-state index is 0.0375. The number of nitrogens with one attached hydrogen (secondary N) is 1. The molecule has 2 aromatic rings. The molecule has 96 valence electrons. The lowest BCUT2D eigenvalue weighted by Gasteiger charge is -2.15. The summed E-state index contributed by atoms with van der Waals surface area (Å²) in [6.07, 6.45) is 0. The number of aromatic nitrogens is 1. The van der Waals surface area contributed by atoms with Crippen LogP contribution in [0.5, 0.6) is 0 Å². The Kier molecular flexibility index (Phi) is 4.56. The highest BCUT2D eigenvalue weighted by Crippen LogP contribution is 2.28. The lowest BCUT2D eigenvalue weighted by atomic mass is 10.1. The maximum absolute atomic E-state index is 13.4. The Balaban J connectivity index is 2.09. The molecule has 2 rings (SSSR count). The van der Waals surface area contributed by atoms with Crippen LogP contribution in [0.15, 0.2) is 23.0 Å². The summed E-state index contributed by atoms with van der Waals surface area (Å²) in [5, 5.41) is 5.70. The number of hydrogen-bond acceptors (Lipinski definition) is 3. The van der Waals surface area contributed by atoms with Crippen LogP contribution in [0.2, 0.25) is 10.0 Å². The molecule has 1 N–H and O–H groups in total. The molecule has 1 unspecified atom stereocenters. The first-order valence-electron chi connectivity index (χ1n) is 5.33. The molecule has 2 nitrogen and oxygen atoms in total. The van der Waals surface area contributed by atoms with Crippen LogP contribution in [0.3, 0.4) is 0 Å². The number of halogens is 3. The zero-order valence-corrected chi connectivity index (χ0v) is 11.9. The molecule has 0 spiro atoms. The Morgan fingerprint density at radius 2 is 2.17 bits per heavy atom. The third-order valence-corrected chi connectivity index (χ3v) is 3.83. The number of rotatable bonds is 4. The highest BCUT2D eigenvalue weighted by molar-refractivity contribution is 7.07. The Hall–Kier alpha value is -0.680. The molecule has 1 aromatic heterocycles. The fraction of sp³-hybridized carbons (Fsp3) is 0.250. The summed E-state index contributed by atoms with van der Waals surface area (Å²) >= 11 is 13.3. The summed E-state index contributed by atoms with van der Waals surface area (Å²) in [5.41, 5.74) is 3.42. The first-order chi connectivity index (χ1) is 8.58. The van der Waals surface area contributed by atoms with E-state index in [0.717, 1.165) is 5.69 Å². The third kappa shape index (κ3) is 3.20. The molecule has 1 heterocycles. The summed E-state index contributed by atoms with van der Waals surface area (Å²) in [7, 11) is 0. The van der Waals surface area contributed by atoms with Crippen LogP contribution < -0.4 is 5.32 Å². The molecule has 0 aliphatic carbocycles. The molecule has 0 bridgehead atoms. The van der Waals surface area contributed by atoms with E-state index in [1.165, 1.54) is 23.5 Å². The quantitative estimate of drug-likeness (QED) is 0.845. The van der Waals surface area contributed by atoms with Gasteiger partial charge in [0.1, 0.15) is 5.82 Å². The maximum atomic E-state index is 13.4. The number of nitrogens with zero attached hydrogens (tertiary/aromatic N) is 1. The van der Waals surface area contributed by atoms with Crippen molar-refractivity contribution in [2.75, 3.05) is 0 Å². The first-order valence-corrected chi connectivity index (χ1v) is 7.02. The van der Waals surface area contributed by atoms with E-state index >= 15 is 0 Å². The highest BCUT2D eigenvalue weighted by Gasteiger charge is 2.13. The van der Waals surface area contributed by atoms with Crippen molar-refractivity contribution in [1.29, 1.82) is 0 Å². The van der Waals surface area contributed by atoms with E-state index in [9.17, 15) is 4.39 Å². The van der Waals surface area contributed by atoms with Crippen LogP contribution in [0, 0.1) is 5.82 Å². The minimum Gasteiger partial charge on any atom is -0.304 e. The van der Waals surface area contributed by atoms with Gasteiger partial charge in [-0.25, -0.2) is 9.37 Å². The SMILES string of the molecule is CC(NCc1cscn1)c1cc(F)c(Cl)cc1Cl. The van der Waals surface area contributed by atoms with E-state index in [1.54, 1.807) is 5.51 Å². The van der Waals surface area contributed by atoms with E-state index in [-0.39, 0.29) is 11.1 Å².